The van der Waals surface area contributed by atoms with E-state index < -0.39 is 11.7 Å². The first kappa shape index (κ1) is 25.3. The molecule has 0 saturated heterocycles. The summed E-state index contributed by atoms with van der Waals surface area (Å²) in [7, 11) is 0. The molecule has 0 fully saturated rings. The zero-order valence-corrected chi connectivity index (χ0v) is 19.5. The van der Waals surface area contributed by atoms with Crippen molar-refractivity contribution in [1.82, 2.24) is 10.6 Å². The van der Waals surface area contributed by atoms with E-state index in [4.69, 9.17) is 32.7 Å². The van der Waals surface area contributed by atoms with Gasteiger partial charge < -0.3 is 25.4 Å². The number of carbonyl (C=O) groups excluding carboxylic acids is 3. The van der Waals surface area contributed by atoms with Gasteiger partial charge in [0.05, 0.1) is 5.02 Å². The van der Waals surface area contributed by atoms with Crippen molar-refractivity contribution in [3.05, 3.63) is 58.1 Å². The molecule has 8 nitrogen and oxygen atoms in total. The third-order valence-electron chi connectivity index (χ3n) is 3.77. The standard InChI is InChI=1S/C22H25Cl2N3O5/c1-22(2,3)32-21(30)26-12-19(28)25-11-14-4-7-16(8-5-14)27-20(29)13-31-18-9-6-15(23)10-17(18)24/h4-10H,11-13H2,1-3H3,(H,25,28)(H,26,30)(H,27,29). The molecule has 2 rings (SSSR count). The van der Waals surface area contributed by atoms with Crippen LogP contribution in [0.15, 0.2) is 42.5 Å². The monoisotopic (exact) mass is 481 g/mol. The zero-order valence-electron chi connectivity index (χ0n) is 18.0. The molecule has 0 aliphatic heterocycles. The summed E-state index contributed by atoms with van der Waals surface area (Å²) in [5, 5.41) is 8.57. The highest BCUT2D eigenvalue weighted by Gasteiger charge is 2.16. The first-order valence-electron chi connectivity index (χ1n) is 9.72. The number of alkyl carbamates (subject to hydrolysis) is 1. The lowest BCUT2D eigenvalue weighted by Crippen LogP contribution is -2.39. The molecule has 10 heteroatoms. The van der Waals surface area contributed by atoms with E-state index in [1.165, 1.54) is 6.07 Å². The SMILES string of the molecule is CC(C)(C)OC(=O)NCC(=O)NCc1ccc(NC(=O)COc2ccc(Cl)cc2Cl)cc1. The van der Waals surface area contributed by atoms with Crippen molar-refractivity contribution in [3.8, 4) is 5.75 Å². The van der Waals surface area contributed by atoms with Crippen molar-refractivity contribution >= 4 is 46.8 Å². The molecule has 2 aromatic rings. The molecular formula is C22H25Cl2N3O5. The Kier molecular flexibility index (Phi) is 9.16. The summed E-state index contributed by atoms with van der Waals surface area (Å²) in [5.41, 5.74) is 0.757. The Morgan fingerprint density at radius 3 is 2.25 bits per heavy atom. The first-order chi connectivity index (χ1) is 15.0. The molecule has 0 unspecified atom stereocenters. The number of amides is 3. The molecule has 0 saturated carbocycles. The predicted octanol–water partition coefficient (Wildman–Crippen LogP) is 4.15. The average molecular weight is 482 g/mol. The molecular weight excluding hydrogens is 457 g/mol. The van der Waals surface area contributed by atoms with Crippen LogP contribution in [0.2, 0.25) is 10.0 Å². The number of rotatable bonds is 8. The molecule has 0 bridgehead atoms. The van der Waals surface area contributed by atoms with Gasteiger partial charge in [0, 0.05) is 17.3 Å². The number of ether oxygens (including phenoxy) is 2. The Morgan fingerprint density at radius 2 is 1.62 bits per heavy atom. The van der Waals surface area contributed by atoms with E-state index >= 15 is 0 Å². The molecule has 32 heavy (non-hydrogen) atoms. The quantitative estimate of drug-likeness (QED) is 0.524. The van der Waals surface area contributed by atoms with Crippen LogP contribution in [0.3, 0.4) is 0 Å². The summed E-state index contributed by atoms with van der Waals surface area (Å²) in [6.45, 7) is 5.06. The second-order valence-electron chi connectivity index (χ2n) is 7.74. The van der Waals surface area contributed by atoms with Gasteiger partial charge >= 0.3 is 6.09 Å². The van der Waals surface area contributed by atoms with E-state index in [1.807, 2.05) is 0 Å². The molecule has 0 spiro atoms. The molecule has 0 aromatic heterocycles. The molecule has 172 valence electrons. The van der Waals surface area contributed by atoms with Crippen LogP contribution in [0.25, 0.3) is 0 Å². The van der Waals surface area contributed by atoms with Crippen LogP contribution in [0.1, 0.15) is 26.3 Å². The van der Waals surface area contributed by atoms with Gasteiger partial charge in [-0.3, -0.25) is 9.59 Å². The minimum atomic E-state index is -0.657. The Morgan fingerprint density at radius 1 is 0.938 bits per heavy atom. The van der Waals surface area contributed by atoms with Gasteiger partial charge in [0.2, 0.25) is 5.91 Å². The number of nitrogens with one attached hydrogen (secondary N) is 3. The fourth-order valence-corrected chi connectivity index (χ4v) is 2.83. The van der Waals surface area contributed by atoms with Gasteiger partial charge in [0.25, 0.3) is 5.91 Å². The number of hydrogen-bond acceptors (Lipinski definition) is 5. The average Bonchev–Trinajstić information content (AvgIpc) is 2.70. The number of anilines is 1. The normalized spacial score (nSPS) is 10.8. The fourth-order valence-electron chi connectivity index (χ4n) is 2.37. The van der Waals surface area contributed by atoms with Crippen LogP contribution in [0, 0.1) is 0 Å². The summed E-state index contributed by atoms with van der Waals surface area (Å²) in [5.74, 6) is -0.352. The first-order valence-corrected chi connectivity index (χ1v) is 10.5. The van der Waals surface area contributed by atoms with Crippen molar-refractivity contribution in [2.45, 2.75) is 32.9 Å². The molecule has 0 atom stereocenters. The maximum atomic E-state index is 12.1. The molecule has 0 aliphatic rings. The molecule has 0 aliphatic carbocycles. The number of carbonyl (C=O) groups is 3. The molecule has 3 N–H and O–H groups in total. The minimum Gasteiger partial charge on any atom is -0.482 e. The lowest BCUT2D eigenvalue weighted by molar-refractivity contribution is -0.120. The lowest BCUT2D eigenvalue weighted by Gasteiger charge is -2.19. The molecule has 0 radical (unpaired) electrons. The lowest BCUT2D eigenvalue weighted by atomic mass is 10.2. The van der Waals surface area contributed by atoms with Gasteiger partial charge in [-0.1, -0.05) is 35.3 Å². The third kappa shape index (κ3) is 9.45. The predicted molar refractivity (Wildman–Crippen MR) is 123 cm³/mol. The Balaban J connectivity index is 1.72. The van der Waals surface area contributed by atoms with Gasteiger partial charge in [0.1, 0.15) is 17.9 Å². The Labute approximate surface area is 196 Å². The van der Waals surface area contributed by atoms with Crippen molar-refractivity contribution in [1.29, 1.82) is 0 Å². The van der Waals surface area contributed by atoms with Gasteiger partial charge in [-0.25, -0.2) is 4.79 Å². The van der Waals surface area contributed by atoms with Crippen LogP contribution in [0.4, 0.5) is 10.5 Å². The van der Waals surface area contributed by atoms with Crippen molar-refractivity contribution in [3.63, 3.8) is 0 Å². The van der Waals surface area contributed by atoms with E-state index in [2.05, 4.69) is 16.0 Å². The van der Waals surface area contributed by atoms with E-state index in [0.29, 0.717) is 21.5 Å². The van der Waals surface area contributed by atoms with Crippen molar-refractivity contribution in [2.75, 3.05) is 18.5 Å². The largest absolute Gasteiger partial charge is 0.482 e. The van der Waals surface area contributed by atoms with E-state index in [0.717, 1.165) is 5.56 Å². The maximum Gasteiger partial charge on any atom is 0.408 e. The second kappa shape index (κ2) is 11.6. The molecule has 0 heterocycles. The van der Waals surface area contributed by atoms with Crippen LogP contribution < -0.4 is 20.7 Å². The van der Waals surface area contributed by atoms with Gasteiger partial charge in [0.15, 0.2) is 6.61 Å². The smallest absolute Gasteiger partial charge is 0.408 e. The van der Waals surface area contributed by atoms with E-state index in [1.54, 1.807) is 57.2 Å². The third-order valence-corrected chi connectivity index (χ3v) is 4.30. The fraction of sp³-hybridized carbons (Fsp3) is 0.318. The van der Waals surface area contributed by atoms with Crippen molar-refractivity contribution in [2.24, 2.45) is 0 Å². The van der Waals surface area contributed by atoms with E-state index in [-0.39, 0.29) is 31.5 Å². The van der Waals surface area contributed by atoms with Crippen LogP contribution >= 0.6 is 23.2 Å². The number of halogens is 2. The highest BCUT2D eigenvalue weighted by molar-refractivity contribution is 6.35. The Bertz CT molecular complexity index is 959. The second-order valence-corrected chi connectivity index (χ2v) is 8.58. The summed E-state index contributed by atoms with van der Waals surface area (Å²) in [6, 6.07) is 11.7. The summed E-state index contributed by atoms with van der Waals surface area (Å²) in [4.78, 5) is 35.5. The van der Waals surface area contributed by atoms with Crippen molar-refractivity contribution < 1.29 is 23.9 Å². The molecule has 2 aromatic carbocycles. The van der Waals surface area contributed by atoms with E-state index in [9.17, 15) is 14.4 Å². The van der Waals surface area contributed by atoms with Crippen LogP contribution in [-0.4, -0.2) is 36.7 Å². The van der Waals surface area contributed by atoms with Crippen LogP contribution in [-0.2, 0) is 20.9 Å². The van der Waals surface area contributed by atoms with Gasteiger partial charge in [-0.2, -0.15) is 0 Å². The summed E-state index contributed by atoms with van der Waals surface area (Å²) >= 11 is 11.8. The molecule has 3 amide bonds. The number of benzene rings is 2. The summed E-state index contributed by atoms with van der Waals surface area (Å²) in [6.07, 6.45) is -0.657. The topological polar surface area (TPSA) is 106 Å². The zero-order chi connectivity index (χ0) is 23.7. The highest BCUT2D eigenvalue weighted by atomic mass is 35.5. The summed E-state index contributed by atoms with van der Waals surface area (Å²) < 4.78 is 10.5. The Hall–Kier alpha value is -2.97. The van der Waals surface area contributed by atoms with Gasteiger partial charge in [-0.05, 0) is 56.7 Å². The van der Waals surface area contributed by atoms with Gasteiger partial charge in [-0.15, -0.1) is 0 Å². The minimum absolute atomic E-state index is 0.194. The van der Waals surface area contributed by atoms with Crippen LogP contribution in [0.5, 0.6) is 5.75 Å². The maximum absolute atomic E-state index is 12.1. The highest BCUT2D eigenvalue weighted by Crippen LogP contribution is 2.27. The number of hydrogen-bond donors (Lipinski definition) is 3.